The number of aryl methyl sites for hydroxylation is 1. The van der Waals surface area contributed by atoms with Gasteiger partial charge in [-0.3, -0.25) is 4.98 Å². The van der Waals surface area contributed by atoms with Crippen molar-refractivity contribution in [3.63, 3.8) is 0 Å². The first-order chi connectivity index (χ1) is 14.6. The molecule has 0 atom stereocenters. The van der Waals surface area contributed by atoms with E-state index >= 15 is 0 Å². The first-order valence-electron chi connectivity index (χ1n) is 9.50. The molecule has 0 spiro atoms. The molecule has 152 valence electrons. The number of ether oxygens (including phenoxy) is 2. The zero-order valence-electron chi connectivity index (χ0n) is 17.0. The Bertz CT molecular complexity index is 1130. The van der Waals surface area contributed by atoms with Crippen LogP contribution in [0.4, 0.5) is 10.9 Å². The van der Waals surface area contributed by atoms with Crippen LogP contribution in [0, 0.1) is 13.8 Å². The van der Waals surface area contributed by atoms with E-state index in [1.54, 1.807) is 13.3 Å². The van der Waals surface area contributed by atoms with Gasteiger partial charge >= 0.3 is 0 Å². The normalized spacial score (nSPS) is 10.6. The summed E-state index contributed by atoms with van der Waals surface area (Å²) in [5.41, 5.74) is 3.78. The van der Waals surface area contributed by atoms with Gasteiger partial charge in [0, 0.05) is 29.7 Å². The van der Waals surface area contributed by atoms with E-state index in [0.717, 1.165) is 49.8 Å². The van der Waals surface area contributed by atoms with Gasteiger partial charge in [-0.2, -0.15) is 0 Å². The molecule has 0 radical (unpaired) electrons. The van der Waals surface area contributed by atoms with E-state index in [1.165, 1.54) is 11.3 Å². The maximum atomic E-state index is 6.08. The average Bonchev–Trinajstić information content (AvgIpc) is 3.24. The van der Waals surface area contributed by atoms with E-state index in [4.69, 9.17) is 9.47 Å². The summed E-state index contributed by atoms with van der Waals surface area (Å²) in [5, 5.41) is 4.09. The van der Waals surface area contributed by atoms with Crippen LogP contribution in [0.3, 0.4) is 0 Å². The molecule has 6 nitrogen and oxygen atoms in total. The number of thiazole rings is 1. The zero-order chi connectivity index (χ0) is 20.9. The van der Waals surface area contributed by atoms with E-state index < -0.39 is 0 Å². The van der Waals surface area contributed by atoms with Crippen molar-refractivity contribution >= 4 is 22.3 Å². The van der Waals surface area contributed by atoms with Gasteiger partial charge in [0.05, 0.1) is 17.7 Å². The molecule has 4 rings (SSSR count). The molecule has 0 aliphatic rings. The summed E-state index contributed by atoms with van der Waals surface area (Å²) >= 11 is 1.54. The van der Waals surface area contributed by atoms with Crippen LogP contribution in [0.15, 0.2) is 60.9 Å². The van der Waals surface area contributed by atoms with Gasteiger partial charge in [0.25, 0.3) is 0 Å². The number of nitrogens with one attached hydrogen (secondary N) is 1. The van der Waals surface area contributed by atoms with E-state index in [2.05, 4.69) is 20.3 Å². The molecular weight excluding hydrogens is 396 g/mol. The van der Waals surface area contributed by atoms with E-state index in [-0.39, 0.29) is 0 Å². The van der Waals surface area contributed by atoms with Crippen molar-refractivity contribution in [2.45, 2.75) is 20.5 Å². The molecule has 3 aromatic heterocycles. The van der Waals surface area contributed by atoms with Crippen molar-refractivity contribution in [1.82, 2.24) is 15.0 Å². The van der Waals surface area contributed by atoms with Gasteiger partial charge in [-0.15, -0.1) is 0 Å². The van der Waals surface area contributed by atoms with Crippen molar-refractivity contribution in [3.05, 3.63) is 77.7 Å². The summed E-state index contributed by atoms with van der Waals surface area (Å²) < 4.78 is 11.3. The van der Waals surface area contributed by atoms with Crippen molar-refractivity contribution < 1.29 is 9.47 Å². The van der Waals surface area contributed by atoms with Gasteiger partial charge in [-0.05, 0) is 43.7 Å². The molecule has 0 unspecified atom stereocenters. The highest BCUT2D eigenvalue weighted by molar-refractivity contribution is 7.18. The fourth-order valence-corrected chi connectivity index (χ4v) is 3.71. The number of methoxy groups -OCH3 is 1. The number of hydrogen-bond donors (Lipinski definition) is 1. The highest BCUT2D eigenvalue weighted by Crippen LogP contribution is 2.32. The zero-order valence-corrected chi connectivity index (χ0v) is 17.9. The third-order valence-electron chi connectivity index (χ3n) is 4.55. The summed E-state index contributed by atoms with van der Waals surface area (Å²) in [4.78, 5) is 14.5. The molecule has 0 bridgehead atoms. The van der Waals surface area contributed by atoms with Crippen molar-refractivity contribution in [3.8, 4) is 22.1 Å². The van der Waals surface area contributed by atoms with Crippen molar-refractivity contribution in [2.75, 3.05) is 12.4 Å². The summed E-state index contributed by atoms with van der Waals surface area (Å²) in [6.45, 7) is 4.41. The van der Waals surface area contributed by atoms with Gasteiger partial charge in [0.2, 0.25) is 0 Å². The van der Waals surface area contributed by atoms with Gasteiger partial charge < -0.3 is 14.8 Å². The Labute approximate surface area is 179 Å². The quantitative estimate of drug-likeness (QED) is 0.424. The molecule has 0 saturated heterocycles. The lowest BCUT2D eigenvalue weighted by Gasteiger charge is -2.14. The number of nitrogens with zero attached hydrogens (tertiary/aromatic N) is 3. The summed E-state index contributed by atoms with van der Waals surface area (Å²) in [6, 6.07) is 15.6. The van der Waals surface area contributed by atoms with Crippen LogP contribution in [0.5, 0.6) is 11.5 Å². The summed E-state index contributed by atoms with van der Waals surface area (Å²) in [6.07, 6.45) is 3.60. The predicted octanol–water partition coefficient (Wildman–Crippen LogP) is 5.55. The summed E-state index contributed by atoms with van der Waals surface area (Å²) in [7, 11) is 1.66. The van der Waals surface area contributed by atoms with Crippen LogP contribution in [0.2, 0.25) is 0 Å². The van der Waals surface area contributed by atoms with Crippen molar-refractivity contribution in [1.29, 1.82) is 0 Å². The van der Waals surface area contributed by atoms with Crippen LogP contribution in [-0.4, -0.2) is 22.1 Å². The topological polar surface area (TPSA) is 69.2 Å². The maximum Gasteiger partial charge on any atom is 0.188 e. The Morgan fingerprint density at radius 1 is 1.03 bits per heavy atom. The van der Waals surface area contributed by atoms with Gasteiger partial charge in [-0.25, -0.2) is 9.97 Å². The van der Waals surface area contributed by atoms with Crippen molar-refractivity contribution in [2.24, 2.45) is 0 Å². The minimum atomic E-state index is 0.467. The molecule has 3 heterocycles. The van der Waals surface area contributed by atoms with E-state index in [1.807, 2.05) is 68.6 Å². The number of benzene rings is 1. The Balaban J connectivity index is 1.50. The monoisotopic (exact) mass is 418 g/mol. The largest absolute Gasteiger partial charge is 0.497 e. The van der Waals surface area contributed by atoms with E-state index in [9.17, 15) is 0 Å². The maximum absolute atomic E-state index is 6.08. The van der Waals surface area contributed by atoms with E-state index in [0.29, 0.717) is 6.61 Å². The first kappa shape index (κ1) is 19.8. The number of hydrogen-bond acceptors (Lipinski definition) is 7. The second kappa shape index (κ2) is 8.92. The highest BCUT2D eigenvalue weighted by atomic mass is 32.1. The molecule has 7 heteroatoms. The second-order valence-electron chi connectivity index (χ2n) is 6.74. The van der Waals surface area contributed by atoms with Crippen LogP contribution >= 0.6 is 11.3 Å². The number of rotatable bonds is 7. The van der Waals surface area contributed by atoms with Gasteiger partial charge in [0.15, 0.2) is 5.13 Å². The molecule has 0 saturated carbocycles. The SMILES string of the molecule is COc1ccc(COc2cc(C)nc(Nc3ncc(-c4ccccn4)s3)c2C)cc1. The standard InChI is InChI=1S/C23H22N4O2S/c1-15-12-20(29-14-17-7-9-18(28-3)10-8-17)16(2)22(26-15)27-23-25-13-21(30-23)19-6-4-5-11-24-19/h4-13H,14H2,1-3H3,(H,25,26,27). The molecule has 0 amide bonds. The van der Waals surface area contributed by atoms with Gasteiger partial charge in [-0.1, -0.05) is 29.5 Å². The minimum Gasteiger partial charge on any atom is -0.497 e. The second-order valence-corrected chi connectivity index (χ2v) is 7.77. The lowest BCUT2D eigenvalue weighted by Crippen LogP contribution is -2.03. The fraction of sp³-hybridized carbons (Fsp3) is 0.174. The Morgan fingerprint density at radius 3 is 2.60 bits per heavy atom. The third-order valence-corrected chi connectivity index (χ3v) is 5.49. The lowest BCUT2D eigenvalue weighted by molar-refractivity contribution is 0.303. The molecule has 0 aliphatic heterocycles. The molecule has 30 heavy (non-hydrogen) atoms. The molecule has 4 aromatic rings. The summed E-state index contributed by atoms with van der Waals surface area (Å²) in [5.74, 6) is 2.36. The first-order valence-corrected chi connectivity index (χ1v) is 10.3. The number of aromatic nitrogens is 3. The lowest BCUT2D eigenvalue weighted by atomic mass is 10.2. The average molecular weight is 419 g/mol. The van der Waals surface area contributed by atoms with Crippen LogP contribution in [0.25, 0.3) is 10.6 Å². The minimum absolute atomic E-state index is 0.467. The fourth-order valence-electron chi connectivity index (χ4n) is 2.92. The molecule has 0 fully saturated rings. The Kier molecular flexibility index (Phi) is 5.90. The number of pyridine rings is 2. The van der Waals surface area contributed by atoms with Gasteiger partial charge in [0.1, 0.15) is 23.9 Å². The molecular formula is C23H22N4O2S. The number of anilines is 2. The Hall–Kier alpha value is -3.45. The van der Waals surface area contributed by atoms with Crippen LogP contribution in [0.1, 0.15) is 16.8 Å². The molecule has 0 aliphatic carbocycles. The predicted molar refractivity (Wildman–Crippen MR) is 120 cm³/mol. The molecule has 1 aromatic carbocycles. The van der Waals surface area contributed by atoms with Crippen LogP contribution in [-0.2, 0) is 6.61 Å². The van der Waals surface area contributed by atoms with Crippen LogP contribution < -0.4 is 14.8 Å². The third kappa shape index (κ3) is 4.58. The smallest absolute Gasteiger partial charge is 0.188 e. The molecule has 1 N–H and O–H groups in total. The highest BCUT2D eigenvalue weighted by Gasteiger charge is 2.12. The Morgan fingerprint density at radius 2 is 1.87 bits per heavy atom.